The van der Waals surface area contributed by atoms with Gasteiger partial charge in [-0.25, -0.2) is 9.59 Å². The Labute approximate surface area is 128 Å². The summed E-state index contributed by atoms with van der Waals surface area (Å²) < 4.78 is 0. The fourth-order valence-corrected chi connectivity index (χ4v) is 2.91. The second-order valence-electron chi connectivity index (χ2n) is 5.73. The van der Waals surface area contributed by atoms with Gasteiger partial charge >= 0.3 is 12.0 Å². The first-order valence-electron chi connectivity index (χ1n) is 7.01. The highest BCUT2D eigenvalue weighted by molar-refractivity contribution is 6.31. The lowest BCUT2D eigenvalue weighted by Gasteiger charge is -2.34. The third-order valence-electron chi connectivity index (χ3n) is 3.78. The minimum atomic E-state index is -1.08. The summed E-state index contributed by atoms with van der Waals surface area (Å²) in [5.41, 5.74) is 0.217. The molecule has 3 N–H and O–H groups in total. The molecule has 114 valence electrons. The molecule has 1 aromatic carbocycles. The van der Waals surface area contributed by atoms with Crippen LogP contribution in [0.25, 0.3) is 0 Å². The zero-order valence-electron chi connectivity index (χ0n) is 11.9. The van der Waals surface area contributed by atoms with E-state index in [1.807, 2.05) is 6.92 Å². The number of halogens is 1. The van der Waals surface area contributed by atoms with E-state index in [1.165, 1.54) is 24.6 Å². The van der Waals surface area contributed by atoms with Gasteiger partial charge in [-0.3, -0.25) is 0 Å². The Morgan fingerprint density at radius 3 is 2.48 bits per heavy atom. The number of hydrogen-bond donors (Lipinski definition) is 3. The lowest BCUT2D eigenvalue weighted by molar-refractivity contribution is 0.0697. The predicted octanol–water partition coefficient (Wildman–Crippen LogP) is 3.88. The molecule has 0 heterocycles. The number of hydrogen-bond acceptors (Lipinski definition) is 2. The van der Waals surface area contributed by atoms with Crippen LogP contribution >= 0.6 is 11.6 Å². The molecule has 0 bridgehead atoms. The third kappa shape index (κ3) is 4.36. The molecule has 1 aromatic rings. The number of nitrogens with one attached hydrogen (secondary N) is 2. The Morgan fingerprint density at radius 2 is 1.86 bits per heavy atom. The Bertz CT molecular complexity index is 554. The molecular formula is C15H19ClN2O3. The van der Waals surface area contributed by atoms with Crippen molar-refractivity contribution < 1.29 is 14.7 Å². The molecule has 0 atom stereocenters. The number of carbonyl (C=O) groups is 2. The van der Waals surface area contributed by atoms with Crippen molar-refractivity contribution in [3.63, 3.8) is 0 Å². The molecule has 0 spiro atoms. The summed E-state index contributed by atoms with van der Waals surface area (Å²) in [6, 6.07) is 3.92. The van der Waals surface area contributed by atoms with Gasteiger partial charge in [0.05, 0.1) is 5.56 Å². The van der Waals surface area contributed by atoms with Crippen LogP contribution in [0.5, 0.6) is 0 Å². The van der Waals surface area contributed by atoms with Gasteiger partial charge in [0, 0.05) is 16.2 Å². The molecule has 0 radical (unpaired) electrons. The molecule has 0 saturated heterocycles. The molecule has 1 saturated carbocycles. The van der Waals surface area contributed by atoms with Crippen LogP contribution < -0.4 is 10.6 Å². The van der Waals surface area contributed by atoms with Gasteiger partial charge < -0.3 is 15.7 Å². The number of anilines is 1. The Hall–Kier alpha value is -1.75. The van der Waals surface area contributed by atoms with Gasteiger partial charge in [0.2, 0.25) is 0 Å². The third-order valence-corrected chi connectivity index (χ3v) is 3.99. The summed E-state index contributed by atoms with van der Waals surface area (Å²) in [7, 11) is 0. The highest BCUT2D eigenvalue weighted by Crippen LogP contribution is 2.27. The van der Waals surface area contributed by atoms with E-state index in [-0.39, 0.29) is 22.2 Å². The fraction of sp³-hybridized carbons (Fsp3) is 0.467. The number of carboxylic acid groups (broad SMARTS) is 1. The summed E-state index contributed by atoms with van der Waals surface area (Å²) in [6.45, 7) is 2.03. The SMILES string of the molecule is CC1(NC(=O)Nc2cc(Cl)cc(C(=O)O)c2)CCCCC1. The summed E-state index contributed by atoms with van der Waals surface area (Å²) >= 11 is 5.86. The zero-order valence-corrected chi connectivity index (χ0v) is 12.7. The number of amides is 2. The van der Waals surface area contributed by atoms with Crippen LogP contribution in [0.3, 0.4) is 0 Å². The van der Waals surface area contributed by atoms with E-state index in [0.29, 0.717) is 5.69 Å². The van der Waals surface area contributed by atoms with Crippen LogP contribution in [0.2, 0.25) is 5.02 Å². The second-order valence-corrected chi connectivity index (χ2v) is 6.17. The topological polar surface area (TPSA) is 78.4 Å². The van der Waals surface area contributed by atoms with Crippen LogP contribution in [0, 0.1) is 0 Å². The standard InChI is InChI=1S/C15H19ClN2O3/c1-15(5-3-2-4-6-15)18-14(21)17-12-8-10(13(19)20)7-11(16)9-12/h7-9H,2-6H2,1H3,(H,19,20)(H2,17,18,21). The molecule has 2 rings (SSSR count). The molecule has 1 aliphatic rings. The second kappa shape index (κ2) is 6.35. The van der Waals surface area contributed by atoms with Gasteiger partial charge in [-0.1, -0.05) is 30.9 Å². The number of carbonyl (C=O) groups excluding carboxylic acids is 1. The molecule has 0 unspecified atom stereocenters. The first kappa shape index (κ1) is 15.6. The van der Waals surface area contributed by atoms with E-state index in [2.05, 4.69) is 10.6 Å². The van der Waals surface area contributed by atoms with Gasteiger partial charge in [-0.15, -0.1) is 0 Å². The van der Waals surface area contributed by atoms with E-state index >= 15 is 0 Å². The molecule has 1 aliphatic carbocycles. The molecular weight excluding hydrogens is 292 g/mol. The monoisotopic (exact) mass is 310 g/mol. The minimum Gasteiger partial charge on any atom is -0.478 e. The van der Waals surface area contributed by atoms with Gasteiger partial charge in [0.25, 0.3) is 0 Å². The van der Waals surface area contributed by atoms with Gasteiger partial charge in [0.15, 0.2) is 0 Å². The summed E-state index contributed by atoms with van der Waals surface area (Å²) in [5.74, 6) is -1.08. The zero-order chi connectivity index (χ0) is 15.5. The van der Waals surface area contributed by atoms with Crippen molar-refractivity contribution in [1.29, 1.82) is 0 Å². The van der Waals surface area contributed by atoms with Crippen LogP contribution in [0.1, 0.15) is 49.4 Å². The maximum atomic E-state index is 12.1. The van der Waals surface area contributed by atoms with Gasteiger partial charge in [-0.2, -0.15) is 0 Å². The molecule has 1 fully saturated rings. The number of rotatable bonds is 3. The van der Waals surface area contributed by atoms with Crippen molar-refractivity contribution in [2.24, 2.45) is 0 Å². The van der Waals surface area contributed by atoms with Crippen LogP contribution in [0.15, 0.2) is 18.2 Å². The van der Waals surface area contributed by atoms with E-state index < -0.39 is 5.97 Å². The highest BCUT2D eigenvalue weighted by atomic mass is 35.5. The number of aromatic carboxylic acids is 1. The predicted molar refractivity (Wildman–Crippen MR) is 82.1 cm³/mol. The fourth-order valence-electron chi connectivity index (χ4n) is 2.68. The van der Waals surface area contributed by atoms with Crippen LogP contribution in [0.4, 0.5) is 10.5 Å². The maximum absolute atomic E-state index is 12.1. The number of urea groups is 1. The summed E-state index contributed by atoms with van der Waals surface area (Å²) in [4.78, 5) is 23.0. The Morgan fingerprint density at radius 1 is 1.19 bits per heavy atom. The Kier molecular flexibility index (Phi) is 4.73. The quantitative estimate of drug-likeness (QED) is 0.792. The average molecular weight is 311 g/mol. The molecule has 2 amide bonds. The van der Waals surface area contributed by atoms with E-state index in [0.717, 1.165) is 25.7 Å². The number of carboxylic acids is 1. The first-order valence-corrected chi connectivity index (χ1v) is 7.39. The van der Waals surface area contributed by atoms with Crippen molar-refractivity contribution >= 4 is 29.3 Å². The highest BCUT2D eigenvalue weighted by Gasteiger charge is 2.28. The van der Waals surface area contributed by atoms with Crippen LogP contribution in [-0.2, 0) is 0 Å². The Balaban J connectivity index is 2.04. The smallest absolute Gasteiger partial charge is 0.335 e. The van der Waals surface area contributed by atoms with Crippen molar-refractivity contribution in [3.05, 3.63) is 28.8 Å². The summed E-state index contributed by atoms with van der Waals surface area (Å²) in [6.07, 6.45) is 5.33. The van der Waals surface area contributed by atoms with E-state index in [1.54, 1.807) is 0 Å². The van der Waals surface area contributed by atoms with E-state index in [4.69, 9.17) is 16.7 Å². The largest absolute Gasteiger partial charge is 0.478 e. The van der Waals surface area contributed by atoms with Crippen LogP contribution in [-0.4, -0.2) is 22.6 Å². The molecule has 0 aliphatic heterocycles. The normalized spacial score (nSPS) is 17.0. The summed E-state index contributed by atoms with van der Waals surface area (Å²) in [5, 5.41) is 14.9. The minimum absolute atomic E-state index is 0.0432. The van der Waals surface area contributed by atoms with Gasteiger partial charge in [0.1, 0.15) is 0 Å². The molecule has 21 heavy (non-hydrogen) atoms. The maximum Gasteiger partial charge on any atom is 0.335 e. The van der Waals surface area contributed by atoms with Crippen molar-refractivity contribution in [3.8, 4) is 0 Å². The van der Waals surface area contributed by atoms with Crippen molar-refractivity contribution in [1.82, 2.24) is 5.32 Å². The first-order chi connectivity index (χ1) is 9.88. The van der Waals surface area contributed by atoms with Crippen molar-refractivity contribution in [2.45, 2.75) is 44.6 Å². The lowest BCUT2D eigenvalue weighted by atomic mass is 9.83. The number of benzene rings is 1. The van der Waals surface area contributed by atoms with Gasteiger partial charge in [-0.05, 0) is 38.0 Å². The average Bonchev–Trinajstić information content (AvgIpc) is 2.37. The van der Waals surface area contributed by atoms with Crippen molar-refractivity contribution in [2.75, 3.05) is 5.32 Å². The molecule has 6 heteroatoms. The molecule has 0 aromatic heterocycles. The molecule has 5 nitrogen and oxygen atoms in total. The van der Waals surface area contributed by atoms with E-state index in [9.17, 15) is 9.59 Å². The lowest BCUT2D eigenvalue weighted by Crippen LogP contribution is -2.48.